The van der Waals surface area contributed by atoms with Crippen molar-refractivity contribution < 1.29 is 0 Å². The van der Waals surface area contributed by atoms with E-state index in [-0.39, 0.29) is 0 Å². The monoisotopic (exact) mass is 315 g/mol. The average molecular weight is 315 g/mol. The highest BCUT2D eigenvalue weighted by Gasteiger charge is 2.11. The molecule has 0 aromatic carbocycles. The first-order valence-electron chi connectivity index (χ1n) is 7.74. The van der Waals surface area contributed by atoms with Gasteiger partial charge >= 0.3 is 0 Å². The van der Waals surface area contributed by atoms with Gasteiger partial charge in [0.15, 0.2) is 0 Å². The molecular weight excluding hydrogens is 298 g/mol. The Bertz CT molecular complexity index is 1030. The van der Waals surface area contributed by atoms with Gasteiger partial charge in [-0.05, 0) is 54.8 Å². The fraction of sp³-hybridized carbons (Fsp3) is 0.105. The summed E-state index contributed by atoms with van der Waals surface area (Å²) in [6.07, 6.45) is 9.34. The van der Waals surface area contributed by atoms with Crippen LogP contribution in [-0.4, -0.2) is 19.5 Å². The molecule has 0 amide bonds. The molecule has 0 saturated carbocycles. The Morgan fingerprint density at radius 1 is 0.958 bits per heavy atom. The molecule has 0 spiro atoms. The van der Waals surface area contributed by atoms with Crippen LogP contribution in [0.4, 0.5) is 5.82 Å². The zero-order chi connectivity index (χ0) is 16.7. The molecule has 0 aliphatic rings. The van der Waals surface area contributed by atoms with Gasteiger partial charge < -0.3 is 5.73 Å². The number of pyridine rings is 3. The molecule has 4 heterocycles. The summed E-state index contributed by atoms with van der Waals surface area (Å²) < 4.78 is 2.03. The van der Waals surface area contributed by atoms with E-state index in [1.807, 2.05) is 49.1 Å². The Hall–Kier alpha value is -3.21. The van der Waals surface area contributed by atoms with Crippen LogP contribution in [0.15, 0.2) is 55.2 Å². The van der Waals surface area contributed by atoms with Crippen molar-refractivity contribution in [3.05, 3.63) is 66.4 Å². The normalized spacial score (nSPS) is 11.1. The predicted molar refractivity (Wildman–Crippen MR) is 96.0 cm³/mol. The Morgan fingerprint density at radius 3 is 2.62 bits per heavy atom. The molecule has 0 fully saturated rings. The molecule has 4 rings (SSSR count). The Kier molecular flexibility index (Phi) is 3.27. The molecule has 0 aliphatic heterocycles. The molecule has 0 saturated heterocycles. The maximum Gasteiger partial charge on any atom is 0.137 e. The third-order valence-corrected chi connectivity index (χ3v) is 4.33. The van der Waals surface area contributed by atoms with E-state index in [0.717, 1.165) is 39.0 Å². The molecule has 4 aromatic rings. The van der Waals surface area contributed by atoms with Gasteiger partial charge in [-0.3, -0.25) is 9.55 Å². The van der Waals surface area contributed by atoms with E-state index in [0.29, 0.717) is 5.82 Å². The predicted octanol–water partition coefficient (Wildman–Crippen LogP) is 3.68. The van der Waals surface area contributed by atoms with Gasteiger partial charge in [-0.15, -0.1) is 0 Å². The summed E-state index contributed by atoms with van der Waals surface area (Å²) in [5.41, 5.74) is 11.2. The van der Waals surface area contributed by atoms with Gasteiger partial charge in [0.05, 0.1) is 11.7 Å². The number of hydrogen-bond acceptors (Lipinski definition) is 4. The van der Waals surface area contributed by atoms with Gasteiger partial charge in [-0.25, -0.2) is 9.97 Å². The van der Waals surface area contributed by atoms with E-state index in [9.17, 15) is 0 Å². The average Bonchev–Trinajstić information content (AvgIpc) is 3.03. The van der Waals surface area contributed by atoms with Gasteiger partial charge in [0.25, 0.3) is 0 Å². The molecule has 4 aromatic heterocycles. The van der Waals surface area contributed by atoms with E-state index < -0.39 is 0 Å². The van der Waals surface area contributed by atoms with Crippen molar-refractivity contribution in [2.24, 2.45) is 0 Å². The summed E-state index contributed by atoms with van der Waals surface area (Å²) in [7, 11) is 0. The summed E-state index contributed by atoms with van der Waals surface area (Å²) in [6.45, 7) is 4.03. The largest absolute Gasteiger partial charge is 0.383 e. The number of anilines is 1. The van der Waals surface area contributed by atoms with E-state index in [4.69, 9.17) is 5.73 Å². The van der Waals surface area contributed by atoms with Crippen LogP contribution >= 0.6 is 0 Å². The van der Waals surface area contributed by atoms with E-state index in [2.05, 4.69) is 27.1 Å². The molecule has 0 aliphatic carbocycles. The van der Waals surface area contributed by atoms with E-state index >= 15 is 0 Å². The minimum absolute atomic E-state index is 0.558. The minimum atomic E-state index is 0.558. The molecule has 0 atom stereocenters. The number of hydrogen-bond donors (Lipinski definition) is 1. The van der Waals surface area contributed by atoms with Crippen LogP contribution in [0.5, 0.6) is 0 Å². The molecule has 118 valence electrons. The zero-order valence-electron chi connectivity index (χ0n) is 13.6. The van der Waals surface area contributed by atoms with Crippen molar-refractivity contribution in [1.29, 1.82) is 0 Å². The molecule has 24 heavy (non-hydrogen) atoms. The second-order valence-electron chi connectivity index (χ2n) is 5.85. The van der Waals surface area contributed by atoms with Gasteiger partial charge in [-0.2, -0.15) is 0 Å². The van der Waals surface area contributed by atoms with E-state index in [1.54, 1.807) is 12.4 Å². The number of fused-ring (bicyclic) bond motifs is 1. The van der Waals surface area contributed by atoms with Crippen LogP contribution in [0.1, 0.15) is 11.1 Å². The molecule has 2 N–H and O–H groups in total. The fourth-order valence-electron chi connectivity index (χ4n) is 3.05. The highest BCUT2D eigenvalue weighted by atomic mass is 15.1. The summed E-state index contributed by atoms with van der Waals surface area (Å²) >= 11 is 0. The number of aromatic nitrogens is 4. The highest BCUT2D eigenvalue weighted by molar-refractivity contribution is 5.81. The lowest BCUT2D eigenvalue weighted by molar-refractivity contribution is 1.04. The Morgan fingerprint density at radius 2 is 1.83 bits per heavy atom. The van der Waals surface area contributed by atoms with Crippen LogP contribution in [0.2, 0.25) is 0 Å². The highest BCUT2D eigenvalue weighted by Crippen LogP contribution is 2.29. The summed E-state index contributed by atoms with van der Waals surface area (Å²) in [5, 5.41) is 1.14. The van der Waals surface area contributed by atoms with Crippen molar-refractivity contribution in [2.75, 3.05) is 5.73 Å². The molecule has 5 heteroatoms. The lowest BCUT2D eigenvalue weighted by Crippen LogP contribution is -2.00. The SMILES string of the molecule is Cc1cnc(N)c(C)c1-c1ccc(-n2ccc3ccncc32)nc1. The lowest BCUT2D eigenvalue weighted by atomic mass is 9.99. The van der Waals surface area contributed by atoms with Gasteiger partial charge in [-0.1, -0.05) is 0 Å². The van der Waals surface area contributed by atoms with Crippen LogP contribution in [0.3, 0.4) is 0 Å². The quantitative estimate of drug-likeness (QED) is 0.612. The van der Waals surface area contributed by atoms with Crippen LogP contribution in [0.25, 0.3) is 27.8 Å². The summed E-state index contributed by atoms with van der Waals surface area (Å²) in [4.78, 5) is 13.0. The first-order valence-corrected chi connectivity index (χ1v) is 7.74. The number of aryl methyl sites for hydroxylation is 1. The smallest absolute Gasteiger partial charge is 0.137 e. The Labute approximate surface area is 139 Å². The number of nitrogens with two attached hydrogens (primary N) is 1. The molecule has 0 bridgehead atoms. The van der Waals surface area contributed by atoms with Crippen molar-refractivity contribution in [3.63, 3.8) is 0 Å². The van der Waals surface area contributed by atoms with E-state index in [1.165, 1.54) is 0 Å². The molecule has 0 radical (unpaired) electrons. The van der Waals surface area contributed by atoms with Gasteiger partial charge in [0, 0.05) is 35.7 Å². The third kappa shape index (κ3) is 2.22. The van der Waals surface area contributed by atoms with Crippen molar-refractivity contribution >= 4 is 16.7 Å². The number of nitrogens with zero attached hydrogens (tertiary/aromatic N) is 4. The maximum atomic E-state index is 5.95. The summed E-state index contributed by atoms with van der Waals surface area (Å²) in [6, 6.07) is 8.13. The number of nitrogen functional groups attached to an aromatic ring is 1. The number of rotatable bonds is 2. The van der Waals surface area contributed by atoms with Crippen LogP contribution in [0, 0.1) is 13.8 Å². The van der Waals surface area contributed by atoms with Gasteiger partial charge in [0.2, 0.25) is 0 Å². The minimum Gasteiger partial charge on any atom is -0.383 e. The second kappa shape index (κ2) is 5.45. The lowest BCUT2D eigenvalue weighted by Gasteiger charge is -2.12. The van der Waals surface area contributed by atoms with Crippen LogP contribution in [-0.2, 0) is 0 Å². The Balaban J connectivity index is 1.80. The van der Waals surface area contributed by atoms with Crippen LogP contribution < -0.4 is 5.73 Å². The molecule has 0 unspecified atom stereocenters. The first kappa shape index (κ1) is 14.4. The van der Waals surface area contributed by atoms with Crippen molar-refractivity contribution in [3.8, 4) is 16.9 Å². The van der Waals surface area contributed by atoms with Crippen molar-refractivity contribution in [2.45, 2.75) is 13.8 Å². The van der Waals surface area contributed by atoms with Crippen molar-refractivity contribution in [1.82, 2.24) is 19.5 Å². The molecular formula is C19H17N5. The first-order chi connectivity index (χ1) is 11.6. The third-order valence-electron chi connectivity index (χ3n) is 4.33. The van der Waals surface area contributed by atoms with Gasteiger partial charge in [0.1, 0.15) is 11.6 Å². The fourth-order valence-corrected chi connectivity index (χ4v) is 3.05. The summed E-state index contributed by atoms with van der Waals surface area (Å²) in [5.74, 6) is 1.42. The topological polar surface area (TPSA) is 69.6 Å². The zero-order valence-corrected chi connectivity index (χ0v) is 13.6. The molecule has 5 nitrogen and oxygen atoms in total. The maximum absolute atomic E-state index is 5.95. The standard InChI is InChI=1S/C19H17N5/c1-12-9-23-19(20)13(2)18(12)15-3-4-17(22-10-15)24-8-6-14-5-7-21-11-16(14)24/h3-11H,1-2H3,(H2,20,23). The second-order valence-corrected chi connectivity index (χ2v) is 5.85.